The molecule has 1 rings (SSSR count). The molecule has 0 N–H and O–H groups in total. The summed E-state index contributed by atoms with van der Waals surface area (Å²) in [6, 6.07) is 0. The van der Waals surface area contributed by atoms with Gasteiger partial charge in [0.15, 0.2) is 0 Å². The molecule has 0 heterocycles. The first kappa shape index (κ1) is 12.1. The molecule has 0 nitrogen and oxygen atoms in total. The van der Waals surface area contributed by atoms with E-state index in [9.17, 15) is 0 Å². The summed E-state index contributed by atoms with van der Waals surface area (Å²) in [6.07, 6.45) is 12.9. The molecule has 1 radical (unpaired) electrons. The van der Waals surface area contributed by atoms with Crippen molar-refractivity contribution >= 4 is 7.28 Å². The van der Waals surface area contributed by atoms with Gasteiger partial charge in [-0.3, -0.25) is 0 Å². The van der Waals surface area contributed by atoms with Crippen LogP contribution in [0.2, 0.25) is 12.1 Å². The normalized spacial score (nSPS) is 29.3. The minimum absolute atomic E-state index is 0.953. The first-order chi connectivity index (χ1) is 6.83. The maximum absolute atomic E-state index is 2.61. The summed E-state index contributed by atoms with van der Waals surface area (Å²) in [7, 11) is 2.61. The van der Waals surface area contributed by atoms with Gasteiger partial charge in [-0.05, 0) is 5.92 Å². The van der Waals surface area contributed by atoms with Gasteiger partial charge < -0.3 is 0 Å². The lowest BCUT2D eigenvalue weighted by Crippen LogP contribution is -2.08. The van der Waals surface area contributed by atoms with Crippen LogP contribution in [0, 0.1) is 5.92 Å². The molecule has 0 amide bonds. The summed E-state index contributed by atoms with van der Waals surface area (Å²) in [5.74, 6) is 1.95. The van der Waals surface area contributed by atoms with Crippen molar-refractivity contribution in [3.8, 4) is 0 Å². The minimum Gasteiger partial charge on any atom is -0.0800 e. The van der Waals surface area contributed by atoms with E-state index in [0.717, 1.165) is 11.7 Å². The van der Waals surface area contributed by atoms with Crippen molar-refractivity contribution < 1.29 is 0 Å². The Labute approximate surface area is 91.1 Å². The molecule has 0 atom stereocenters. The van der Waals surface area contributed by atoms with Crippen LogP contribution in [0.25, 0.3) is 0 Å². The molecule has 1 heteroatoms. The number of hydrogen-bond donors (Lipinski definition) is 0. The molecule has 0 aliphatic heterocycles. The molecule has 1 fully saturated rings. The average Bonchev–Trinajstić information content (AvgIpc) is 2.14. The lowest BCUT2D eigenvalue weighted by Gasteiger charge is -2.21. The Bertz CT molecular complexity index is 120. The Morgan fingerprint density at radius 2 is 1.71 bits per heavy atom. The van der Waals surface area contributed by atoms with Crippen molar-refractivity contribution in [1.29, 1.82) is 0 Å². The van der Waals surface area contributed by atoms with Gasteiger partial charge in [0.1, 0.15) is 7.28 Å². The molecule has 0 spiro atoms. The summed E-state index contributed by atoms with van der Waals surface area (Å²) in [5.41, 5.74) is 0. The van der Waals surface area contributed by atoms with E-state index in [1.54, 1.807) is 0 Å². The molecule has 0 saturated heterocycles. The van der Waals surface area contributed by atoms with E-state index < -0.39 is 0 Å². The van der Waals surface area contributed by atoms with Gasteiger partial charge in [0, 0.05) is 0 Å². The molecule has 0 aromatic heterocycles. The zero-order chi connectivity index (χ0) is 10.2. The standard InChI is InChI=1S/C13H26B/c1-3-4-11-14-13-9-5-7-12(2)8-6-10-13/h12-13H,3-11H2,1-2H3. The maximum Gasteiger partial charge on any atom is 0.113 e. The van der Waals surface area contributed by atoms with Crippen LogP contribution in [0.1, 0.15) is 65.2 Å². The number of rotatable bonds is 4. The Balaban J connectivity index is 2.12. The van der Waals surface area contributed by atoms with E-state index in [1.807, 2.05) is 0 Å². The summed E-state index contributed by atoms with van der Waals surface area (Å²) in [5, 5.41) is 0. The molecule has 0 unspecified atom stereocenters. The number of unbranched alkanes of at least 4 members (excludes halogenated alkanes) is 1. The second-order valence-corrected chi connectivity index (χ2v) is 5.10. The molecule has 81 valence electrons. The van der Waals surface area contributed by atoms with E-state index in [1.165, 1.54) is 57.7 Å². The van der Waals surface area contributed by atoms with E-state index >= 15 is 0 Å². The summed E-state index contributed by atoms with van der Waals surface area (Å²) < 4.78 is 0. The van der Waals surface area contributed by atoms with Crippen LogP contribution in [0.4, 0.5) is 0 Å². The van der Waals surface area contributed by atoms with Gasteiger partial charge in [0.2, 0.25) is 0 Å². The van der Waals surface area contributed by atoms with Gasteiger partial charge in [0.05, 0.1) is 0 Å². The van der Waals surface area contributed by atoms with Crippen molar-refractivity contribution in [2.24, 2.45) is 5.92 Å². The van der Waals surface area contributed by atoms with Crippen LogP contribution in [-0.4, -0.2) is 7.28 Å². The third-order valence-electron chi connectivity index (χ3n) is 3.60. The van der Waals surface area contributed by atoms with Crippen LogP contribution in [0.3, 0.4) is 0 Å². The van der Waals surface area contributed by atoms with Crippen molar-refractivity contribution in [2.75, 3.05) is 0 Å². The van der Waals surface area contributed by atoms with E-state index in [-0.39, 0.29) is 0 Å². The van der Waals surface area contributed by atoms with Crippen LogP contribution >= 0.6 is 0 Å². The fourth-order valence-electron chi connectivity index (χ4n) is 2.54. The van der Waals surface area contributed by atoms with Crippen LogP contribution in [-0.2, 0) is 0 Å². The molecule has 1 aliphatic rings. The molecule has 14 heavy (non-hydrogen) atoms. The highest BCUT2D eigenvalue weighted by atomic mass is 14.1. The first-order valence-electron chi connectivity index (χ1n) is 6.66. The van der Waals surface area contributed by atoms with Gasteiger partial charge in [-0.15, -0.1) is 0 Å². The number of hydrogen-bond acceptors (Lipinski definition) is 0. The average molecular weight is 193 g/mol. The highest BCUT2D eigenvalue weighted by molar-refractivity contribution is 6.37. The fraction of sp³-hybridized carbons (Fsp3) is 1.00. The third-order valence-corrected chi connectivity index (χ3v) is 3.60. The Morgan fingerprint density at radius 1 is 1.07 bits per heavy atom. The Kier molecular flexibility index (Phi) is 6.39. The predicted molar refractivity (Wildman–Crippen MR) is 66.1 cm³/mol. The van der Waals surface area contributed by atoms with Crippen molar-refractivity contribution in [3.05, 3.63) is 0 Å². The van der Waals surface area contributed by atoms with E-state index in [2.05, 4.69) is 21.1 Å². The first-order valence-corrected chi connectivity index (χ1v) is 6.66. The second kappa shape index (κ2) is 7.37. The van der Waals surface area contributed by atoms with E-state index in [0.29, 0.717) is 0 Å². The molecule has 0 bridgehead atoms. The summed E-state index contributed by atoms with van der Waals surface area (Å²) in [6.45, 7) is 4.70. The maximum atomic E-state index is 2.61. The molecular weight excluding hydrogens is 167 g/mol. The van der Waals surface area contributed by atoms with Crippen molar-refractivity contribution in [3.63, 3.8) is 0 Å². The highest BCUT2D eigenvalue weighted by Gasteiger charge is 2.14. The second-order valence-electron chi connectivity index (χ2n) is 5.10. The lowest BCUT2D eigenvalue weighted by atomic mass is 9.57. The fourth-order valence-corrected chi connectivity index (χ4v) is 2.54. The topological polar surface area (TPSA) is 0 Å². The van der Waals surface area contributed by atoms with Crippen LogP contribution in [0.5, 0.6) is 0 Å². The predicted octanol–water partition coefficient (Wildman–Crippen LogP) is 4.69. The Morgan fingerprint density at radius 3 is 2.29 bits per heavy atom. The van der Waals surface area contributed by atoms with Gasteiger partial charge in [-0.25, -0.2) is 0 Å². The quantitative estimate of drug-likeness (QED) is 0.449. The Hall–Kier alpha value is 0.0649. The molecule has 1 aliphatic carbocycles. The van der Waals surface area contributed by atoms with Crippen LogP contribution in [0.15, 0.2) is 0 Å². The largest absolute Gasteiger partial charge is 0.113 e. The zero-order valence-corrected chi connectivity index (χ0v) is 10.1. The van der Waals surface area contributed by atoms with Crippen LogP contribution < -0.4 is 0 Å². The molecule has 1 saturated carbocycles. The van der Waals surface area contributed by atoms with Gasteiger partial charge >= 0.3 is 0 Å². The van der Waals surface area contributed by atoms with E-state index in [4.69, 9.17) is 0 Å². The lowest BCUT2D eigenvalue weighted by molar-refractivity contribution is 0.402. The van der Waals surface area contributed by atoms with Crippen molar-refractivity contribution in [1.82, 2.24) is 0 Å². The minimum atomic E-state index is 0.953. The van der Waals surface area contributed by atoms with Gasteiger partial charge in [-0.2, -0.15) is 0 Å². The zero-order valence-electron chi connectivity index (χ0n) is 10.1. The molecular formula is C13H26B. The molecule has 0 aromatic carbocycles. The van der Waals surface area contributed by atoms with Crippen molar-refractivity contribution in [2.45, 2.75) is 77.4 Å². The monoisotopic (exact) mass is 193 g/mol. The third kappa shape index (κ3) is 5.07. The summed E-state index contributed by atoms with van der Waals surface area (Å²) >= 11 is 0. The van der Waals surface area contributed by atoms with Gasteiger partial charge in [-0.1, -0.05) is 77.4 Å². The van der Waals surface area contributed by atoms with Gasteiger partial charge in [0.25, 0.3) is 0 Å². The highest BCUT2D eigenvalue weighted by Crippen LogP contribution is 2.29. The molecule has 0 aromatic rings. The summed E-state index contributed by atoms with van der Waals surface area (Å²) in [4.78, 5) is 0. The SMILES string of the molecule is CCCC[B]C1CCCC(C)CCC1. The smallest absolute Gasteiger partial charge is 0.0800 e.